The number of thiocarbonyl (C=S) groups is 1. The fourth-order valence-corrected chi connectivity index (χ4v) is 3.24. The van der Waals surface area contributed by atoms with Crippen LogP contribution in [0.3, 0.4) is 0 Å². The SMILES string of the molecule is COc1cc(C(=O)OCC(=O)NCCN2C(=O)CSC2=S)ccc1C. The van der Waals surface area contributed by atoms with Gasteiger partial charge in [0.2, 0.25) is 5.91 Å². The smallest absolute Gasteiger partial charge is 0.338 e. The topological polar surface area (TPSA) is 84.9 Å². The number of nitrogens with zero attached hydrogens (tertiary/aromatic N) is 1. The molecule has 0 saturated carbocycles. The molecule has 2 amide bonds. The Morgan fingerprint density at radius 1 is 1.40 bits per heavy atom. The first-order chi connectivity index (χ1) is 11.9. The quantitative estimate of drug-likeness (QED) is 0.559. The first-order valence-electron chi connectivity index (χ1n) is 7.48. The Morgan fingerprint density at radius 2 is 2.16 bits per heavy atom. The zero-order valence-electron chi connectivity index (χ0n) is 13.9. The van der Waals surface area contributed by atoms with E-state index in [2.05, 4.69) is 5.32 Å². The summed E-state index contributed by atoms with van der Waals surface area (Å²) in [5.74, 6) is -0.213. The minimum atomic E-state index is -0.610. The van der Waals surface area contributed by atoms with Crippen LogP contribution in [0.1, 0.15) is 15.9 Å². The van der Waals surface area contributed by atoms with Crippen LogP contribution in [-0.4, -0.2) is 59.6 Å². The molecule has 1 heterocycles. The summed E-state index contributed by atoms with van der Waals surface area (Å²) in [5.41, 5.74) is 1.20. The lowest BCUT2D eigenvalue weighted by Crippen LogP contribution is -2.38. The van der Waals surface area contributed by atoms with E-state index in [-0.39, 0.29) is 12.5 Å². The van der Waals surface area contributed by atoms with Gasteiger partial charge in [-0.25, -0.2) is 4.79 Å². The molecule has 0 aromatic heterocycles. The molecule has 0 spiro atoms. The molecule has 1 N–H and O–H groups in total. The highest BCUT2D eigenvalue weighted by Gasteiger charge is 2.25. The lowest BCUT2D eigenvalue weighted by atomic mass is 10.1. The van der Waals surface area contributed by atoms with Crippen LogP contribution in [0, 0.1) is 6.92 Å². The molecule has 0 aliphatic carbocycles. The number of methoxy groups -OCH3 is 1. The van der Waals surface area contributed by atoms with Crippen LogP contribution in [0.5, 0.6) is 5.75 Å². The third kappa shape index (κ3) is 5.17. The molecule has 0 atom stereocenters. The number of hydrogen-bond donors (Lipinski definition) is 1. The third-order valence-corrected chi connectivity index (χ3v) is 4.91. The largest absolute Gasteiger partial charge is 0.496 e. The predicted octanol–water partition coefficient (Wildman–Crippen LogP) is 1.14. The Bertz CT molecular complexity index is 692. The zero-order chi connectivity index (χ0) is 18.4. The number of hydrogen-bond acceptors (Lipinski definition) is 7. The molecule has 1 aromatic carbocycles. The number of thioether (sulfide) groups is 1. The maximum Gasteiger partial charge on any atom is 0.338 e. The van der Waals surface area contributed by atoms with Crippen molar-refractivity contribution in [3.05, 3.63) is 29.3 Å². The van der Waals surface area contributed by atoms with E-state index in [1.807, 2.05) is 6.92 Å². The van der Waals surface area contributed by atoms with E-state index in [0.29, 0.717) is 27.9 Å². The van der Waals surface area contributed by atoms with Gasteiger partial charge in [-0.1, -0.05) is 30.0 Å². The molecule has 2 rings (SSSR count). The van der Waals surface area contributed by atoms with Gasteiger partial charge in [0.05, 0.1) is 18.4 Å². The van der Waals surface area contributed by atoms with Crippen molar-refractivity contribution in [1.29, 1.82) is 0 Å². The van der Waals surface area contributed by atoms with Crippen LogP contribution < -0.4 is 10.1 Å². The highest BCUT2D eigenvalue weighted by Crippen LogP contribution is 2.19. The monoisotopic (exact) mass is 382 g/mol. The summed E-state index contributed by atoms with van der Waals surface area (Å²) in [6.07, 6.45) is 0. The van der Waals surface area contributed by atoms with E-state index >= 15 is 0 Å². The van der Waals surface area contributed by atoms with Crippen molar-refractivity contribution in [3.8, 4) is 5.75 Å². The molecule has 9 heteroatoms. The lowest BCUT2D eigenvalue weighted by molar-refractivity contribution is -0.126. The number of benzene rings is 1. The van der Waals surface area contributed by atoms with Crippen LogP contribution in [0.2, 0.25) is 0 Å². The van der Waals surface area contributed by atoms with Crippen LogP contribution in [0.15, 0.2) is 18.2 Å². The number of ether oxygens (including phenoxy) is 2. The van der Waals surface area contributed by atoms with Crippen molar-refractivity contribution in [2.24, 2.45) is 0 Å². The highest BCUT2D eigenvalue weighted by molar-refractivity contribution is 8.23. The van der Waals surface area contributed by atoms with Crippen molar-refractivity contribution < 1.29 is 23.9 Å². The molecule has 0 bridgehead atoms. The first-order valence-corrected chi connectivity index (χ1v) is 8.87. The number of aryl methyl sites for hydroxylation is 1. The molecule has 1 aromatic rings. The summed E-state index contributed by atoms with van der Waals surface area (Å²) in [6.45, 7) is 2.00. The number of esters is 1. The minimum Gasteiger partial charge on any atom is -0.496 e. The molecule has 7 nitrogen and oxygen atoms in total. The van der Waals surface area contributed by atoms with Crippen molar-refractivity contribution in [1.82, 2.24) is 10.2 Å². The van der Waals surface area contributed by atoms with Crippen molar-refractivity contribution in [2.75, 3.05) is 32.6 Å². The van der Waals surface area contributed by atoms with E-state index in [4.69, 9.17) is 21.7 Å². The second kappa shape index (κ2) is 8.82. The van der Waals surface area contributed by atoms with Crippen LogP contribution in [0.25, 0.3) is 0 Å². The fourth-order valence-electron chi connectivity index (χ4n) is 2.12. The Balaban J connectivity index is 1.75. The van der Waals surface area contributed by atoms with Gasteiger partial charge >= 0.3 is 5.97 Å². The van der Waals surface area contributed by atoms with Gasteiger partial charge in [0.15, 0.2) is 6.61 Å². The second-order valence-electron chi connectivity index (χ2n) is 5.21. The van der Waals surface area contributed by atoms with Gasteiger partial charge in [-0.05, 0) is 24.6 Å². The average Bonchev–Trinajstić information content (AvgIpc) is 2.92. The summed E-state index contributed by atoms with van der Waals surface area (Å²) >= 11 is 6.35. The second-order valence-corrected chi connectivity index (χ2v) is 6.82. The number of carbonyl (C=O) groups excluding carboxylic acids is 3. The lowest BCUT2D eigenvalue weighted by Gasteiger charge is -2.15. The Kier molecular flexibility index (Phi) is 6.77. The zero-order valence-corrected chi connectivity index (χ0v) is 15.5. The summed E-state index contributed by atoms with van der Waals surface area (Å²) in [5, 5.41) is 2.59. The van der Waals surface area contributed by atoms with Gasteiger partial charge in [0.25, 0.3) is 5.91 Å². The van der Waals surface area contributed by atoms with Gasteiger partial charge in [0, 0.05) is 13.1 Å². The van der Waals surface area contributed by atoms with Gasteiger partial charge in [-0.3, -0.25) is 14.5 Å². The number of carbonyl (C=O) groups is 3. The molecule has 1 aliphatic rings. The highest BCUT2D eigenvalue weighted by atomic mass is 32.2. The van der Waals surface area contributed by atoms with E-state index in [0.717, 1.165) is 5.56 Å². The molecule has 1 fully saturated rings. The Labute approximate surface area is 155 Å². The molecule has 1 aliphatic heterocycles. The molecule has 25 heavy (non-hydrogen) atoms. The van der Waals surface area contributed by atoms with E-state index in [1.165, 1.54) is 23.8 Å². The molecule has 0 unspecified atom stereocenters. The van der Waals surface area contributed by atoms with E-state index in [1.54, 1.807) is 18.2 Å². The summed E-state index contributed by atoms with van der Waals surface area (Å²) in [4.78, 5) is 36.7. The van der Waals surface area contributed by atoms with E-state index in [9.17, 15) is 14.4 Å². The van der Waals surface area contributed by atoms with Crippen LogP contribution >= 0.6 is 24.0 Å². The average molecular weight is 382 g/mol. The number of rotatable bonds is 7. The van der Waals surface area contributed by atoms with Crippen molar-refractivity contribution in [2.45, 2.75) is 6.92 Å². The fraction of sp³-hybridized carbons (Fsp3) is 0.375. The normalized spacial score (nSPS) is 13.8. The maximum atomic E-state index is 12.0. The molecule has 134 valence electrons. The van der Waals surface area contributed by atoms with E-state index < -0.39 is 18.5 Å². The molecular weight excluding hydrogens is 364 g/mol. The third-order valence-electron chi connectivity index (χ3n) is 3.48. The van der Waals surface area contributed by atoms with Crippen molar-refractivity contribution >= 4 is 46.1 Å². The van der Waals surface area contributed by atoms with Gasteiger partial charge in [0.1, 0.15) is 10.1 Å². The maximum absolute atomic E-state index is 12.0. The predicted molar refractivity (Wildman–Crippen MR) is 97.8 cm³/mol. The Hall–Kier alpha value is -2.13. The molecule has 0 radical (unpaired) electrons. The van der Waals surface area contributed by atoms with Gasteiger partial charge in [-0.15, -0.1) is 0 Å². The van der Waals surface area contributed by atoms with Gasteiger partial charge in [-0.2, -0.15) is 0 Å². The standard InChI is InChI=1S/C16H18N2O5S2/c1-10-3-4-11(7-12(10)22-2)15(21)23-8-13(19)17-5-6-18-14(20)9-25-16(18)24/h3-4,7H,5-6,8-9H2,1-2H3,(H,17,19). The molecule has 1 saturated heterocycles. The summed E-state index contributed by atoms with van der Waals surface area (Å²) < 4.78 is 10.6. The minimum absolute atomic E-state index is 0.0657. The van der Waals surface area contributed by atoms with Gasteiger partial charge < -0.3 is 14.8 Å². The summed E-state index contributed by atoms with van der Waals surface area (Å²) in [6, 6.07) is 4.91. The number of nitrogens with one attached hydrogen (secondary N) is 1. The van der Waals surface area contributed by atoms with Crippen LogP contribution in [0.4, 0.5) is 0 Å². The summed E-state index contributed by atoms with van der Waals surface area (Å²) in [7, 11) is 1.51. The van der Waals surface area contributed by atoms with Crippen LogP contribution in [-0.2, 0) is 14.3 Å². The first kappa shape index (κ1) is 19.2. The van der Waals surface area contributed by atoms with Crippen molar-refractivity contribution in [3.63, 3.8) is 0 Å². The Morgan fingerprint density at radius 3 is 2.80 bits per heavy atom. The number of amides is 2. The molecular formula is C16H18N2O5S2.